The maximum atomic E-state index is 12.9. The molecule has 4 rings (SSSR count). The molecule has 0 atom stereocenters. The predicted octanol–water partition coefficient (Wildman–Crippen LogP) is 3.43. The molecule has 132 valence electrons. The summed E-state index contributed by atoms with van der Waals surface area (Å²) in [6.45, 7) is 0. The van der Waals surface area contributed by atoms with Crippen molar-refractivity contribution >= 4 is 32.7 Å². The number of hydrogen-bond donors (Lipinski definition) is 1. The SMILES string of the molecule is COc1ccc(Br)c(C(=O)Nn2c(C3CC3)nc3ccccc3c2=O)c1. The van der Waals surface area contributed by atoms with E-state index in [0.29, 0.717) is 32.5 Å². The highest BCUT2D eigenvalue weighted by atomic mass is 79.9. The maximum Gasteiger partial charge on any atom is 0.280 e. The molecule has 1 saturated carbocycles. The second kappa shape index (κ2) is 6.57. The van der Waals surface area contributed by atoms with Gasteiger partial charge in [-0.05, 0) is 59.1 Å². The van der Waals surface area contributed by atoms with E-state index in [1.54, 1.807) is 30.3 Å². The van der Waals surface area contributed by atoms with Crippen molar-refractivity contribution in [2.45, 2.75) is 18.8 Å². The largest absolute Gasteiger partial charge is 0.497 e. The second-order valence-electron chi connectivity index (χ2n) is 6.19. The van der Waals surface area contributed by atoms with Crippen LogP contribution in [0.25, 0.3) is 10.9 Å². The van der Waals surface area contributed by atoms with Gasteiger partial charge in [0.1, 0.15) is 11.6 Å². The number of nitrogens with zero attached hydrogens (tertiary/aromatic N) is 2. The van der Waals surface area contributed by atoms with E-state index in [9.17, 15) is 9.59 Å². The van der Waals surface area contributed by atoms with E-state index >= 15 is 0 Å². The molecule has 6 nitrogen and oxygen atoms in total. The molecule has 1 aliphatic carbocycles. The maximum absolute atomic E-state index is 12.9. The number of fused-ring (bicyclic) bond motifs is 1. The number of carbonyl (C=O) groups is 1. The van der Waals surface area contributed by atoms with Crippen molar-refractivity contribution in [1.82, 2.24) is 9.66 Å². The van der Waals surface area contributed by atoms with Crippen LogP contribution in [0.15, 0.2) is 51.7 Å². The standard InChI is InChI=1S/C19H16BrN3O3/c1-26-12-8-9-15(20)14(10-12)18(24)22-23-17(11-6-7-11)21-16-5-3-2-4-13(16)19(23)25/h2-5,8-11H,6-7H2,1H3,(H,22,24). The van der Waals surface area contributed by atoms with Gasteiger partial charge in [0.15, 0.2) is 0 Å². The Balaban J connectivity index is 1.79. The Labute approximate surface area is 157 Å². The average Bonchev–Trinajstić information content (AvgIpc) is 3.49. The van der Waals surface area contributed by atoms with Crippen LogP contribution in [-0.2, 0) is 0 Å². The first-order valence-electron chi connectivity index (χ1n) is 8.25. The third kappa shape index (κ3) is 2.99. The minimum Gasteiger partial charge on any atom is -0.497 e. The number of hydrogen-bond acceptors (Lipinski definition) is 4. The summed E-state index contributed by atoms with van der Waals surface area (Å²) >= 11 is 3.37. The van der Waals surface area contributed by atoms with Gasteiger partial charge < -0.3 is 4.74 Å². The van der Waals surface area contributed by atoms with Crippen molar-refractivity contribution in [3.05, 3.63) is 68.7 Å². The zero-order valence-corrected chi connectivity index (χ0v) is 15.6. The molecule has 1 amide bonds. The number of benzene rings is 2. The van der Waals surface area contributed by atoms with Crippen molar-refractivity contribution in [2.24, 2.45) is 0 Å². The Bertz CT molecular complexity index is 1070. The number of halogens is 1. The molecule has 0 unspecified atom stereocenters. The van der Waals surface area contributed by atoms with E-state index in [4.69, 9.17) is 4.74 Å². The fourth-order valence-corrected chi connectivity index (χ4v) is 3.27. The van der Waals surface area contributed by atoms with Crippen LogP contribution in [0, 0.1) is 0 Å². The molecular formula is C19H16BrN3O3. The van der Waals surface area contributed by atoms with Crippen LogP contribution in [0.1, 0.15) is 34.9 Å². The van der Waals surface area contributed by atoms with Crippen molar-refractivity contribution in [3.63, 3.8) is 0 Å². The Morgan fingerprint density at radius 3 is 2.77 bits per heavy atom. The van der Waals surface area contributed by atoms with Crippen molar-refractivity contribution < 1.29 is 9.53 Å². The second-order valence-corrected chi connectivity index (χ2v) is 7.04. The summed E-state index contributed by atoms with van der Waals surface area (Å²) in [5.41, 5.74) is 3.47. The average molecular weight is 414 g/mol. The topological polar surface area (TPSA) is 73.2 Å². The predicted molar refractivity (Wildman–Crippen MR) is 102 cm³/mol. The molecule has 0 saturated heterocycles. The van der Waals surface area contributed by atoms with Gasteiger partial charge in [0.05, 0.1) is 23.6 Å². The first kappa shape index (κ1) is 16.8. The van der Waals surface area contributed by atoms with E-state index in [1.807, 2.05) is 12.1 Å². The molecule has 0 spiro atoms. The summed E-state index contributed by atoms with van der Waals surface area (Å²) in [4.78, 5) is 30.3. The molecule has 0 aliphatic heterocycles. The molecule has 0 radical (unpaired) electrons. The Morgan fingerprint density at radius 2 is 2.04 bits per heavy atom. The lowest BCUT2D eigenvalue weighted by atomic mass is 10.2. The highest BCUT2D eigenvalue weighted by Crippen LogP contribution is 2.38. The number of methoxy groups -OCH3 is 1. The van der Waals surface area contributed by atoms with Gasteiger partial charge in [0, 0.05) is 10.4 Å². The molecule has 1 aromatic heterocycles. The third-order valence-corrected chi connectivity index (χ3v) is 5.07. The zero-order valence-electron chi connectivity index (χ0n) is 14.0. The summed E-state index contributed by atoms with van der Waals surface area (Å²) in [6.07, 6.45) is 1.92. The lowest BCUT2D eigenvalue weighted by molar-refractivity contribution is 0.100. The molecule has 7 heteroatoms. The van der Waals surface area contributed by atoms with Gasteiger partial charge in [0.2, 0.25) is 0 Å². The first-order chi connectivity index (χ1) is 12.6. The molecule has 1 heterocycles. The van der Waals surface area contributed by atoms with Crippen molar-refractivity contribution in [1.29, 1.82) is 0 Å². The Kier molecular flexibility index (Phi) is 4.24. The Hall–Kier alpha value is -2.67. The summed E-state index contributed by atoms with van der Waals surface area (Å²) in [7, 11) is 1.54. The van der Waals surface area contributed by atoms with Crippen molar-refractivity contribution in [3.8, 4) is 5.75 Å². The molecule has 0 bridgehead atoms. The number of ether oxygens (including phenoxy) is 1. The lowest BCUT2D eigenvalue weighted by Crippen LogP contribution is -2.36. The molecular weight excluding hydrogens is 398 g/mol. The van der Waals surface area contributed by atoms with E-state index < -0.39 is 5.91 Å². The van der Waals surface area contributed by atoms with Gasteiger partial charge in [-0.25, -0.2) is 9.66 Å². The summed E-state index contributed by atoms with van der Waals surface area (Å²) in [6, 6.07) is 12.3. The van der Waals surface area contributed by atoms with E-state index in [2.05, 4.69) is 26.3 Å². The summed E-state index contributed by atoms with van der Waals surface area (Å²) in [5.74, 6) is 0.948. The summed E-state index contributed by atoms with van der Waals surface area (Å²) in [5, 5.41) is 0.474. The van der Waals surface area contributed by atoms with Crippen molar-refractivity contribution in [2.75, 3.05) is 12.5 Å². The molecule has 1 N–H and O–H groups in total. The minimum atomic E-state index is -0.406. The van der Waals surface area contributed by atoms with Crippen LogP contribution in [0.3, 0.4) is 0 Å². The lowest BCUT2D eigenvalue weighted by Gasteiger charge is -2.15. The van der Waals surface area contributed by atoms with Gasteiger partial charge in [-0.15, -0.1) is 0 Å². The van der Waals surface area contributed by atoms with Gasteiger partial charge in [-0.3, -0.25) is 15.0 Å². The first-order valence-corrected chi connectivity index (χ1v) is 9.04. The van der Waals surface area contributed by atoms with Gasteiger partial charge in [-0.1, -0.05) is 12.1 Å². The number of aromatic nitrogens is 2. The van der Waals surface area contributed by atoms with E-state index in [-0.39, 0.29) is 11.5 Å². The summed E-state index contributed by atoms with van der Waals surface area (Å²) < 4.78 is 7.08. The third-order valence-electron chi connectivity index (χ3n) is 4.38. The number of nitrogens with one attached hydrogen (secondary N) is 1. The molecule has 1 fully saturated rings. The quantitative estimate of drug-likeness (QED) is 0.710. The van der Waals surface area contributed by atoms with Crippen LogP contribution >= 0.6 is 15.9 Å². The van der Waals surface area contributed by atoms with Crippen LogP contribution in [0.5, 0.6) is 5.75 Å². The van der Waals surface area contributed by atoms with Gasteiger partial charge >= 0.3 is 0 Å². The van der Waals surface area contributed by atoms with E-state index in [1.165, 1.54) is 11.8 Å². The van der Waals surface area contributed by atoms with Crippen LogP contribution in [0.2, 0.25) is 0 Å². The monoisotopic (exact) mass is 413 g/mol. The Morgan fingerprint density at radius 1 is 1.27 bits per heavy atom. The van der Waals surface area contributed by atoms with Crippen LogP contribution in [-0.4, -0.2) is 22.7 Å². The number of amides is 1. The smallest absolute Gasteiger partial charge is 0.280 e. The fraction of sp³-hybridized carbons (Fsp3) is 0.211. The van der Waals surface area contributed by atoms with Crippen LogP contribution in [0.4, 0.5) is 0 Å². The number of carbonyl (C=O) groups excluding carboxylic acids is 1. The minimum absolute atomic E-state index is 0.196. The van der Waals surface area contributed by atoms with Gasteiger partial charge in [0.25, 0.3) is 11.5 Å². The molecule has 3 aromatic rings. The fourth-order valence-electron chi connectivity index (χ4n) is 2.84. The van der Waals surface area contributed by atoms with E-state index in [0.717, 1.165) is 12.8 Å². The van der Waals surface area contributed by atoms with Gasteiger partial charge in [-0.2, -0.15) is 0 Å². The molecule has 26 heavy (non-hydrogen) atoms. The number of rotatable bonds is 4. The zero-order chi connectivity index (χ0) is 18.3. The normalized spacial score (nSPS) is 13.6. The molecule has 2 aromatic carbocycles. The highest BCUT2D eigenvalue weighted by Gasteiger charge is 2.30. The van der Waals surface area contributed by atoms with Crippen LogP contribution < -0.4 is 15.7 Å². The highest BCUT2D eigenvalue weighted by molar-refractivity contribution is 9.10. The number of para-hydroxylation sites is 1. The molecule has 1 aliphatic rings.